The van der Waals surface area contributed by atoms with Crippen molar-refractivity contribution in [2.75, 3.05) is 17.6 Å². The summed E-state index contributed by atoms with van der Waals surface area (Å²) < 4.78 is 0. The van der Waals surface area contributed by atoms with Crippen molar-refractivity contribution in [3.63, 3.8) is 0 Å². The summed E-state index contributed by atoms with van der Waals surface area (Å²) in [4.78, 5) is 24.4. The van der Waals surface area contributed by atoms with E-state index in [1.165, 1.54) is 22.9 Å². The van der Waals surface area contributed by atoms with Gasteiger partial charge in [0.05, 0.1) is 11.4 Å². The molecule has 0 aliphatic carbocycles. The molecule has 0 aromatic heterocycles. The van der Waals surface area contributed by atoms with Gasteiger partial charge in [0.2, 0.25) is 5.91 Å². The highest BCUT2D eigenvalue weighted by molar-refractivity contribution is 8.00. The molecule has 150 valence electrons. The van der Waals surface area contributed by atoms with Crippen LogP contribution in [0.1, 0.15) is 37.9 Å². The fourth-order valence-corrected chi connectivity index (χ4v) is 3.80. The van der Waals surface area contributed by atoms with E-state index >= 15 is 0 Å². The minimum atomic E-state index is -0.381. The van der Waals surface area contributed by atoms with E-state index < -0.39 is 0 Å². The first kappa shape index (κ1) is 22.0. The Balaban J connectivity index is 1.99. The molecular formula is C22H30N3O2S+. The van der Waals surface area contributed by atoms with E-state index in [9.17, 15) is 9.59 Å². The maximum Gasteiger partial charge on any atom is 0.279 e. The summed E-state index contributed by atoms with van der Waals surface area (Å²) in [5.41, 5.74) is 8.48. The van der Waals surface area contributed by atoms with Crippen molar-refractivity contribution in [2.24, 2.45) is 11.7 Å². The lowest BCUT2D eigenvalue weighted by Crippen LogP contribution is -2.88. The Morgan fingerprint density at radius 2 is 1.79 bits per heavy atom. The van der Waals surface area contributed by atoms with Gasteiger partial charge in [-0.15, -0.1) is 11.8 Å². The smallest absolute Gasteiger partial charge is 0.279 e. The highest BCUT2D eigenvalue weighted by atomic mass is 32.2. The van der Waals surface area contributed by atoms with Crippen LogP contribution >= 0.6 is 11.8 Å². The third-order valence-electron chi connectivity index (χ3n) is 4.58. The topological polar surface area (TPSA) is 88.8 Å². The Morgan fingerprint density at radius 1 is 1.11 bits per heavy atom. The molecule has 2 amide bonds. The van der Waals surface area contributed by atoms with Gasteiger partial charge in [-0.1, -0.05) is 57.2 Å². The van der Waals surface area contributed by atoms with E-state index in [1.807, 2.05) is 24.3 Å². The quantitative estimate of drug-likeness (QED) is 0.536. The van der Waals surface area contributed by atoms with Crippen LogP contribution in [0.5, 0.6) is 0 Å². The molecule has 0 saturated heterocycles. The van der Waals surface area contributed by atoms with Crippen molar-refractivity contribution in [3.8, 4) is 0 Å². The number of benzene rings is 2. The molecule has 2 aromatic carbocycles. The van der Waals surface area contributed by atoms with Gasteiger partial charge in [0.1, 0.15) is 6.04 Å². The first-order valence-electron chi connectivity index (χ1n) is 9.62. The zero-order valence-corrected chi connectivity index (χ0v) is 17.6. The van der Waals surface area contributed by atoms with Gasteiger partial charge in [0, 0.05) is 16.4 Å². The lowest BCUT2D eigenvalue weighted by molar-refractivity contribution is -0.692. The fraction of sp³-hybridized carbons (Fsp3) is 0.364. The van der Waals surface area contributed by atoms with E-state index in [0.29, 0.717) is 18.2 Å². The number of anilines is 1. The van der Waals surface area contributed by atoms with Crippen LogP contribution in [0.3, 0.4) is 0 Å². The molecule has 0 spiro atoms. The highest BCUT2D eigenvalue weighted by Gasteiger charge is 2.20. The summed E-state index contributed by atoms with van der Waals surface area (Å²) in [6.45, 7) is 6.81. The van der Waals surface area contributed by atoms with Crippen LogP contribution in [0, 0.1) is 5.92 Å². The van der Waals surface area contributed by atoms with Gasteiger partial charge in [-0.2, -0.15) is 0 Å². The third kappa shape index (κ3) is 6.69. The summed E-state index contributed by atoms with van der Waals surface area (Å²) in [7, 11) is 0. The largest absolute Gasteiger partial charge is 0.369 e. The van der Waals surface area contributed by atoms with Crippen molar-refractivity contribution >= 4 is 29.3 Å². The number of quaternary nitrogens is 1. The number of nitrogens with one attached hydrogen (secondary N) is 1. The summed E-state index contributed by atoms with van der Waals surface area (Å²) in [5, 5.41) is 5.04. The Labute approximate surface area is 171 Å². The number of rotatable bonds is 10. The Morgan fingerprint density at radius 3 is 2.39 bits per heavy atom. The van der Waals surface area contributed by atoms with Crippen LogP contribution in [-0.2, 0) is 16.0 Å². The normalized spacial score (nSPS) is 12.0. The number of amides is 2. The van der Waals surface area contributed by atoms with Crippen molar-refractivity contribution in [2.45, 2.75) is 38.1 Å². The third-order valence-corrected chi connectivity index (χ3v) is 5.68. The van der Waals surface area contributed by atoms with E-state index in [4.69, 9.17) is 5.73 Å². The summed E-state index contributed by atoms with van der Waals surface area (Å²) >= 11 is 1.33. The molecule has 0 aliphatic heterocycles. The molecule has 0 saturated carbocycles. The molecule has 0 fully saturated rings. The molecule has 0 bridgehead atoms. The van der Waals surface area contributed by atoms with Gasteiger partial charge in [-0.3, -0.25) is 9.59 Å². The molecule has 5 N–H and O–H groups in total. The Bertz CT molecular complexity index is 791. The molecule has 2 rings (SSSR count). The van der Waals surface area contributed by atoms with Crippen molar-refractivity contribution in [1.82, 2.24) is 0 Å². The van der Waals surface area contributed by atoms with Gasteiger partial charge in [0.15, 0.2) is 6.54 Å². The molecule has 5 nitrogen and oxygen atoms in total. The van der Waals surface area contributed by atoms with Crippen LogP contribution < -0.4 is 16.4 Å². The molecule has 6 heteroatoms. The summed E-state index contributed by atoms with van der Waals surface area (Å²) in [5.74, 6) is 0.136. The van der Waals surface area contributed by atoms with Gasteiger partial charge in [-0.25, -0.2) is 0 Å². The fourth-order valence-electron chi connectivity index (χ4n) is 3.05. The molecule has 0 aliphatic rings. The average Bonchev–Trinajstić information content (AvgIpc) is 2.67. The van der Waals surface area contributed by atoms with Crippen molar-refractivity contribution in [3.05, 3.63) is 59.7 Å². The molecule has 1 atom stereocenters. The monoisotopic (exact) mass is 400 g/mol. The average molecular weight is 401 g/mol. The predicted molar refractivity (Wildman–Crippen MR) is 115 cm³/mol. The van der Waals surface area contributed by atoms with Crippen LogP contribution in [-0.4, -0.2) is 24.1 Å². The SMILES string of the molecule is CCc1ccc([C@@H]([NH2+]CC(=O)Nc2ccccc2SCC(N)=O)C(C)C)cc1. The maximum absolute atomic E-state index is 12.5. The summed E-state index contributed by atoms with van der Waals surface area (Å²) in [6.07, 6.45) is 1.02. The Kier molecular flexibility index (Phi) is 8.54. The second-order valence-corrected chi connectivity index (χ2v) is 8.12. The number of aryl methyl sites for hydroxylation is 1. The minimum Gasteiger partial charge on any atom is -0.369 e. The molecule has 2 aromatic rings. The van der Waals surface area contributed by atoms with Crippen LogP contribution in [0.25, 0.3) is 0 Å². The molecule has 0 radical (unpaired) electrons. The van der Waals surface area contributed by atoms with Crippen molar-refractivity contribution in [1.29, 1.82) is 0 Å². The van der Waals surface area contributed by atoms with Crippen molar-refractivity contribution < 1.29 is 14.9 Å². The van der Waals surface area contributed by atoms with Gasteiger partial charge in [0.25, 0.3) is 5.91 Å². The summed E-state index contributed by atoms with van der Waals surface area (Å²) in [6, 6.07) is 16.3. The Hall–Kier alpha value is -2.31. The lowest BCUT2D eigenvalue weighted by atomic mass is 9.95. The highest BCUT2D eigenvalue weighted by Crippen LogP contribution is 2.26. The van der Waals surface area contributed by atoms with Gasteiger partial charge < -0.3 is 16.4 Å². The number of thioether (sulfide) groups is 1. The minimum absolute atomic E-state index is 0.0667. The first-order valence-corrected chi connectivity index (χ1v) is 10.6. The first-order chi connectivity index (χ1) is 13.4. The number of hydrogen-bond acceptors (Lipinski definition) is 3. The number of primary amides is 1. The number of hydrogen-bond donors (Lipinski definition) is 3. The maximum atomic E-state index is 12.5. The standard InChI is InChI=1S/C22H29N3O2S/c1-4-16-9-11-17(12-10-16)22(15(2)3)24-13-21(27)25-18-7-5-6-8-19(18)28-14-20(23)26/h5-12,15,22,24H,4,13-14H2,1-3H3,(H2,23,26)(H,25,27)/p+1/t22-/m0/s1. The molecular weight excluding hydrogens is 370 g/mol. The van der Waals surface area contributed by atoms with Crippen LogP contribution in [0.2, 0.25) is 0 Å². The second-order valence-electron chi connectivity index (χ2n) is 7.10. The molecule has 0 heterocycles. The van der Waals surface area contributed by atoms with E-state index in [-0.39, 0.29) is 23.6 Å². The molecule has 0 unspecified atom stereocenters. The number of para-hydroxylation sites is 1. The van der Waals surface area contributed by atoms with E-state index in [2.05, 4.69) is 55.7 Å². The zero-order chi connectivity index (χ0) is 20.5. The second kappa shape index (κ2) is 10.9. The zero-order valence-electron chi connectivity index (χ0n) is 16.8. The van der Waals surface area contributed by atoms with Gasteiger partial charge in [-0.05, 0) is 24.1 Å². The van der Waals surface area contributed by atoms with Crippen LogP contribution in [0.15, 0.2) is 53.4 Å². The van der Waals surface area contributed by atoms with E-state index in [1.54, 1.807) is 0 Å². The number of carbonyl (C=O) groups is 2. The predicted octanol–water partition coefficient (Wildman–Crippen LogP) is 2.73. The van der Waals surface area contributed by atoms with Gasteiger partial charge >= 0.3 is 0 Å². The number of nitrogens with two attached hydrogens (primary N) is 2. The lowest BCUT2D eigenvalue weighted by Gasteiger charge is -2.20. The number of carbonyl (C=O) groups excluding carboxylic acids is 2. The molecule has 28 heavy (non-hydrogen) atoms. The van der Waals surface area contributed by atoms with E-state index in [0.717, 1.165) is 11.3 Å². The van der Waals surface area contributed by atoms with Crippen LogP contribution in [0.4, 0.5) is 5.69 Å².